The van der Waals surface area contributed by atoms with Gasteiger partial charge in [-0.25, -0.2) is 12.4 Å². The van der Waals surface area contributed by atoms with Crippen LogP contribution in [0, 0.1) is 6.92 Å². The normalized spacial score (nSPS) is 12.0. The first-order chi connectivity index (χ1) is 10.4. The van der Waals surface area contributed by atoms with E-state index in [0.29, 0.717) is 26.1 Å². The summed E-state index contributed by atoms with van der Waals surface area (Å²) in [5, 5.41) is 1.22. The van der Waals surface area contributed by atoms with E-state index in [4.69, 9.17) is 23.2 Å². The van der Waals surface area contributed by atoms with Gasteiger partial charge >= 0.3 is 0 Å². The van der Waals surface area contributed by atoms with Gasteiger partial charge < -0.3 is 0 Å². The molecule has 3 aromatic rings. The van der Waals surface area contributed by atoms with Crippen LogP contribution in [0.1, 0.15) is 5.69 Å². The Balaban J connectivity index is 2.47. The van der Waals surface area contributed by atoms with Gasteiger partial charge in [-0.1, -0.05) is 47.5 Å². The summed E-state index contributed by atoms with van der Waals surface area (Å²) in [5.41, 5.74) is 0.922. The van der Waals surface area contributed by atoms with Crippen LogP contribution in [0.15, 0.2) is 51.8 Å². The van der Waals surface area contributed by atoms with Crippen molar-refractivity contribution in [1.29, 1.82) is 0 Å². The molecule has 1 aromatic heterocycles. The summed E-state index contributed by atoms with van der Waals surface area (Å²) in [6.45, 7) is 1.72. The molecule has 0 spiro atoms. The van der Waals surface area contributed by atoms with Crippen molar-refractivity contribution < 1.29 is 8.42 Å². The number of halogens is 3. The Labute approximate surface area is 146 Å². The number of aromatic nitrogens is 1. The van der Waals surface area contributed by atoms with Crippen LogP contribution in [0.3, 0.4) is 0 Å². The second kappa shape index (κ2) is 5.57. The number of benzene rings is 2. The van der Waals surface area contributed by atoms with Gasteiger partial charge in [-0.05, 0) is 41.1 Å². The molecule has 3 rings (SSSR count). The van der Waals surface area contributed by atoms with E-state index in [-0.39, 0.29) is 9.92 Å². The van der Waals surface area contributed by atoms with Crippen molar-refractivity contribution in [1.82, 2.24) is 3.97 Å². The van der Waals surface area contributed by atoms with Crippen molar-refractivity contribution in [2.75, 3.05) is 0 Å². The Morgan fingerprint density at radius 2 is 1.68 bits per heavy atom. The Kier molecular flexibility index (Phi) is 4.01. The van der Waals surface area contributed by atoms with E-state index >= 15 is 0 Å². The van der Waals surface area contributed by atoms with Gasteiger partial charge in [-0.2, -0.15) is 0 Å². The molecule has 3 nitrogen and oxygen atoms in total. The minimum Gasteiger partial charge on any atom is -0.236 e. The lowest BCUT2D eigenvalue weighted by Crippen LogP contribution is -2.14. The molecule has 114 valence electrons. The van der Waals surface area contributed by atoms with E-state index in [1.807, 2.05) is 0 Å². The molecular weight excluding hydrogens is 409 g/mol. The highest BCUT2D eigenvalue weighted by atomic mass is 79.9. The Bertz CT molecular complexity index is 982. The zero-order valence-electron chi connectivity index (χ0n) is 11.3. The number of rotatable bonds is 2. The van der Waals surface area contributed by atoms with Gasteiger partial charge in [0.05, 0.1) is 20.5 Å². The molecule has 0 unspecified atom stereocenters. The molecule has 0 fully saturated rings. The number of nitrogens with zero attached hydrogens (tertiary/aromatic N) is 1. The molecule has 22 heavy (non-hydrogen) atoms. The monoisotopic (exact) mass is 417 g/mol. The van der Waals surface area contributed by atoms with Crippen molar-refractivity contribution >= 4 is 60.1 Å². The first-order valence-electron chi connectivity index (χ1n) is 6.31. The fraction of sp³-hybridized carbons (Fsp3) is 0.0667. The molecule has 1 heterocycles. The summed E-state index contributed by atoms with van der Waals surface area (Å²) in [7, 11) is -3.77. The van der Waals surface area contributed by atoms with Crippen LogP contribution in [-0.4, -0.2) is 12.4 Å². The zero-order chi connectivity index (χ0) is 16.1. The van der Waals surface area contributed by atoms with Crippen LogP contribution < -0.4 is 0 Å². The lowest BCUT2D eigenvalue weighted by Gasteiger charge is -2.11. The molecule has 0 atom stereocenters. The van der Waals surface area contributed by atoms with Crippen molar-refractivity contribution in [3.63, 3.8) is 0 Å². The topological polar surface area (TPSA) is 39.1 Å². The van der Waals surface area contributed by atoms with E-state index < -0.39 is 10.0 Å². The van der Waals surface area contributed by atoms with Crippen molar-refractivity contribution in [3.8, 4) is 0 Å². The van der Waals surface area contributed by atoms with Crippen LogP contribution in [0.2, 0.25) is 10.0 Å². The maximum absolute atomic E-state index is 13.0. The van der Waals surface area contributed by atoms with E-state index in [2.05, 4.69) is 15.9 Å². The second-order valence-electron chi connectivity index (χ2n) is 4.74. The third-order valence-corrected chi connectivity index (χ3v) is 7.01. The van der Waals surface area contributed by atoms with Crippen LogP contribution in [0.4, 0.5) is 0 Å². The minimum atomic E-state index is -3.77. The largest absolute Gasteiger partial charge is 0.268 e. The fourth-order valence-corrected chi connectivity index (χ4v) is 5.03. The van der Waals surface area contributed by atoms with Crippen molar-refractivity contribution in [2.45, 2.75) is 11.8 Å². The van der Waals surface area contributed by atoms with Gasteiger partial charge in [-0.15, -0.1) is 0 Å². The van der Waals surface area contributed by atoms with E-state index in [1.54, 1.807) is 49.4 Å². The van der Waals surface area contributed by atoms with Crippen LogP contribution in [-0.2, 0) is 10.0 Å². The quantitative estimate of drug-likeness (QED) is 0.569. The van der Waals surface area contributed by atoms with Crippen LogP contribution in [0.5, 0.6) is 0 Å². The zero-order valence-corrected chi connectivity index (χ0v) is 15.3. The van der Waals surface area contributed by atoms with E-state index in [1.165, 1.54) is 3.97 Å². The van der Waals surface area contributed by atoms with Crippen LogP contribution >= 0.6 is 39.1 Å². The second-order valence-corrected chi connectivity index (χ2v) is 8.10. The number of hydrogen-bond acceptors (Lipinski definition) is 2. The summed E-state index contributed by atoms with van der Waals surface area (Å²) in [5.74, 6) is 0. The molecule has 0 amide bonds. The average Bonchev–Trinajstić information content (AvgIpc) is 2.77. The molecule has 0 aliphatic carbocycles. The van der Waals surface area contributed by atoms with E-state index in [0.717, 1.165) is 0 Å². The standard InChI is InChI=1S/C15H10BrCl2NO2S/c1-9-13(16)11-7-8-12(17)14(18)15(11)19(9)22(20,21)10-5-3-2-4-6-10/h2-8H,1H3. The number of fused-ring (bicyclic) bond motifs is 1. The lowest BCUT2D eigenvalue weighted by atomic mass is 10.2. The molecule has 7 heteroatoms. The summed E-state index contributed by atoms with van der Waals surface area (Å²) < 4.78 is 27.9. The molecule has 0 N–H and O–H groups in total. The summed E-state index contributed by atoms with van der Waals surface area (Å²) in [6.07, 6.45) is 0. The molecular formula is C15H10BrCl2NO2S. The molecule has 0 radical (unpaired) electrons. The first kappa shape index (κ1) is 15.9. The summed E-state index contributed by atoms with van der Waals surface area (Å²) >= 11 is 15.8. The maximum Gasteiger partial charge on any atom is 0.268 e. The van der Waals surface area contributed by atoms with Crippen molar-refractivity contribution in [2.24, 2.45) is 0 Å². The highest BCUT2D eigenvalue weighted by Gasteiger charge is 2.26. The summed E-state index contributed by atoms with van der Waals surface area (Å²) in [4.78, 5) is 0.193. The van der Waals surface area contributed by atoms with Gasteiger partial charge in [-0.3, -0.25) is 0 Å². The summed E-state index contributed by atoms with van der Waals surface area (Å²) in [6, 6.07) is 11.6. The minimum absolute atomic E-state index is 0.193. The van der Waals surface area contributed by atoms with Gasteiger partial charge in [0.1, 0.15) is 0 Å². The van der Waals surface area contributed by atoms with Gasteiger partial charge in [0.2, 0.25) is 0 Å². The van der Waals surface area contributed by atoms with Crippen molar-refractivity contribution in [3.05, 3.63) is 62.7 Å². The predicted molar refractivity (Wildman–Crippen MR) is 93.4 cm³/mol. The molecule has 0 saturated carbocycles. The third kappa shape index (κ3) is 2.27. The number of hydrogen-bond donors (Lipinski definition) is 0. The molecule has 0 bridgehead atoms. The third-order valence-electron chi connectivity index (χ3n) is 3.41. The first-order valence-corrected chi connectivity index (χ1v) is 9.29. The molecule has 2 aromatic carbocycles. The Hall–Kier alpha value is -1.01. The Morgan fingerprint density at radius 3 is 2.32 bits per heavy atom. The lowest BCUT2D eigenvalue weighted by molar-refractivity contribution is 0.588. The van der Waals surface area contributed by atoms with Gasteiger partial charge in [0.15, 0.2) is 0 Å². The van der Waals surface area contributed by atoms with E-state index in [9.17, 15) is 8.42 Å². The highest BCUT2D eigenvalue weighted by Crippen LogP contribution is 2.40. The molecule has 0 aliphatic heterocycles. The van der Waals surface area contributed by atoms with Crippen LogP contribution in [0.25, 0.3) is 10.9 Å². The van der Waals surface area contributed by atoms with Gasteiger partial charge in [0, 0.05) is 15.6 Å². The molecule has 0 aliphatic rings. The fourth-order valence-electron chi connectivity index (χ4n) is 2.37. The smallest absolute Gasteiger partial charge is 0.236 e. The predicted octanol–water partition coefficient (Wildman–Crippen LogP) is 5.26. The SMILES string of the molecule is Cc1c(Br)c2ccc(Cl)c(Cl)c2n1S(=O)(=O)c1ccccc1. The van der Waals surface area contributed by atoms with Gasteiger partial charge in [0.25, 0.3) is 10.0 Å². The molecule has 0 saturated heterocycles. The maximum atomic E-state index is 13.0. The Morgan fingerprint density at radius 1 is 1.05 bits per heavy atom. The average molecular weight is 419 g/mol. The highest BCUT2D eigenvalue weighted by molar-refractivity contribution is 9.10.